The summed E-state index contributed by atoms with van der Waals surface area (Å²) in [7, 11) is 0. The van der Waals surface area contributed by atoms with Gasteiger partial charge in [-0.15, -0.1) is 0 Å². The number of nitro groups is 1. The first kappa shape index (κ1) is 20.0. The van der Waals surface area contributed by atoms with Gasteiger partial charge in [-0.1, -0.05) is 12.1 Å². The molecule has 0 aliphatic carbocycles. The van der Waals surface area contributed by atoms with Crippen molar-refractivity contribution in [3.8, 4) is 0 Å². The fourth-order valence-corrected chi connectivity index (χ4v) is 2.97. The van der Waals surface area contributed by atoms with Gasteiger partial charge in [0.1, 0.15) is 11.3 Å². The number of anilines is 1. The van der Waals surface area contributed by atoms with Crippen LogP contribution in [0.1, 0.15) is 33.6 Å². The topological polar surface area (TPSA) is 96.7 Å². The summed E-state index contributed by atoms with van der Waals surface area (Å²) in [5, 5.41) is 17.3. The quantitative estimate of drug-likeness (QED) is 0.458. The zero-order valence-corrected chi connectivity index (χ0v) is 15.7. The smallest absolute Gasteiger partial charge is 0.407 e. The highest BCUT2D eigenvalue weighted by Gasteiger charge is 2.24. The number of para-hydroxylation sites is 2. The lowest BCUT2D eigenvalue weighted by molar-refractivity contribution is -0.384. The van der Waals surface area contributed by atoms with Crippen LogP contribution in [0.2, 0.25) is 0 Å². The molecular formula is C18H28N4O4. The first-order valence-electron chi connectivity index (χ1n) is 8.95. The van der Waals surface area contributed by atoms with Gasteiger partial charge in [-0.05, 0) is 39.7 Å². The molecule has 2 N–H and O–H groups in total. The Kier molecular flexibility index (Phi) is 6.79. The van der Waals surface area contributed by atoms with Crippen LogP contribution in [-0.2, 0) is 4.74 Å². The second-order valence-corrected chi connectivity index (χ2v) is 7.39. The molecule has 8 heteroatoms. The first-order chi connectivity index (χ1) is 12.3. The molecule has 0 atom stereocenters. The molecule has 0 radical (unpaired) electrons. The third-order valence-corrected chi connectivity index (χ3v) is 4.14. The van der Waals surface area contributed by atoms with E-state index in [0.717, 1.165) is 25.9 Å². The van der Waals surface area contributed by atoms with Crippen LogP contribution < -0.4 is 15.5 Å². The lowest BCUT2D eigenvalue weighted by atomic mass is 10.0. The van der Waals surface area contributed by atoms with Crippen molar-refractivity contribution < 1.29 is 14.5 Å². The molecule has 1 heterocycles. The Bertz CT molecular complexity index is 622. The van der Waals surface area contributed by atoms with Crippen molar-refractivity contribution in [1.29, 1.82) is 0 Å². The SMILES string of the molecule is CC(C)(C)OC(=O)NCCNC1CCN(c2ccccc2[N+](=O)[O-])CC1. The van der Waals surface area contributed by atoms with E-state index in [-0.39, 0.29) is 10.6 Å². The number of hydrogen-bond acceptors (Lipinski definition) is 6. The molecule has 1 amide bonds. The molecule has 0 bridgehead atoms. The summed E-state index contributed by atoms with van der Waals surface area (Å²) in [6, 6.07) is 7.20. The maximum atomic E-state index is 11.6. The molecule has 0 unspecified atom stereocenters. The monoisotopic (exact) mass is 364 g/mol. The summed E-state index contributed by atoms with van der Waals surface area (Å²) in [6.45, 7) is 8.18. The van der Waals surface area contributed by atoms with E-state index in [4.69, 9.17) is 4.74 Å². The number of nitrogens with one attached hydrogen (secondary N) is 2. The number of benzene rings is 1. The lowest BCUT2D eigenvalue weighted by Crippen LogP contribution is -2.45. The second-order valence-electron chi connectivity index (χ2n) is 7.39. The van der Waals surface area contributed by atoms with Crippen LogP contribution in [0.5, 0.6) is 0 Å². The third-order valence-electron chi connectivity index (χ3n) is 4.14. The molecule has 1 aliphatic rings. The Labute approximate surface area is 154 Å². The molecule has 1 saturated heterocycles. The number of hydrogen-bond donors (Lipinski definition) is 2. The van der Waals surface area contributed by atoms with Crippen LogP contribution in [0.15, 0.2) is 24.3 Å². The van der Waals surface area contributed by atoms with Gasteiger partial charge in [0.2, 0.25) is 0 Å². The maximum Gasteiger partial charge on any atom is 0.407 e. The van der Waals surface area contributed by atoms with Crippen LogP contribution in [-0.4, -0.2) is 48.8 Å². The highest BCUT2D eigenvalue weighted by molar-refractivity contribution is 5.67. The van der Waals surface area contributed by atoms with Crippen LogP contribution >= 0.6 is 0 Å². The molecule has 0 saturated carbocycles. The van der Waals surface area contributed by atoms with Crippen molar-refractivity contribution in [2.45, 2.75) is 45.3 Å². The Hall–Kier alpha value is -2.35. The largest absolute Gasteiger partial charge is 0.444 e. The van der Waals surface area contributed by atoms with Crippen LogP contribution in [0.3, 0.4) is 0 Å². The summed E-state index contributed by atoms with van der Waals surface area (Å²) in [5.74, 6) is 0. The Morgan fingerprint density at radius 1 is 1.27 bits per heavy atom. The molecule has 1 aromatic carbocycles. The summed E-state index contributed by atoms with van der Waals surface area (Å²) in [6.07, 6.45) is 1.39. The van der Waals surface area contributed by atoms with Gasteiger partial charge in [0.25, 0.3) is 5.69 Å². The number of amides is 1. The van der Waals surface area contributed by atoms with Crippen molar-refractivity contribution in [3.05, 3.63) is 34.4 Å². The van der Waals surface area contributed by atoms with Crippen molar-refractivity contribution in [1.82, 2.24) is 10.6 Å². The van der Waals surface area contributed by atoms with Crippen LogP contribution in [0, 0.1) is 10.1 Å². The number of carbonyl (C=O) groups is 1. The standard InChI is InChI=1S/C18H28N4O4/c1-18(2,3)26-17(23)20-11-10-19-14-8-12-21(13-9-14)15-6-4-5-7-16(15)22(24)25/h4-7,14,19H,8-13H2,1-3H3,(H,20,23). The van der Waals surface area contributed by atoms with E-state index in [9.17, 15) is 14.9 Å². The molecule has 2 rings (SSSR count). The van der Waals surface area contributed by atoms with Gasteiger partial charge in [-0.3, -0.25) is 10.1 Å². The van der Waals surface area contributed by atoms with Crippen molar-refractivity contribution in [3.63, 3.8) is 0 Å². The fourth-order valence-electron chi connectivity index (χ4n) is 2.97. The van der Waals surface area contributed by atoms with E-state index < -0.39 is 11.7 Å². The molecule has 0 spiro atoms. The molecular weight excluding hydrogens is 336 g/mol. The Morgan fingerprint density at radius 2 is 1.92 bits per heavy atom. The number of ether oxygens (including phenoxy) is 1. The number of alkyl carbamates (subject to hydrolysis) is 1. The van der Waals surface area contributed by atoms with E-state index >= 15 is 0 Å². The Balaban J connectivity index is 1.71. The average molecular weight is 364 g/mol. The first-order valence-corrected chi connectivity index (χ1v) is 8.95. The number of rotatable bonds is 6. The Morgan fingerprint density at radius 3 is 2.54 bits per heavy atom. The molecule has 1 fully saturated rings. The van der Waals surface area contributed by atoms with E-state index in [1.807, 2.05) is 26.8 Å². The molecule has 26 heavy (non-hydrogen) atoms. The highest BCUT2D eigenvalue weighted by atomic mass is 16.6. The number of piperidine rings is 1. The van der Waals surface area contributed by atoms with E-state index in [1.165, 1.54) is 0 Å². The maximum absolute atomic E-state index is 11.6. The normalized spacial score (nSPS) is 15.6. The minimum absolute atomic E-state index is 0.153. The van der Waals surface area contributed by atoms with Gasteiger partial charge in [0, 0.05) is 38.3 Å². The van der Waals surface area contributed by atoms with Crippen molar-refractivity contribution in [2.75, 3.05) is 31.1 Å². The van der Waals surface area contributed by atoms with Crippen molar-refractivity contribution in [2.24, 2.45) is 0 Å². The predicted molar refractivity (Wildman–Crippen MR) is 101 cm³/mol. The molecule has 0 aromatic heterocycles. The number of nitrogens with zero attached hydrogens (tertiary/aromatic N) is 2. The van der Waals surface area contributed by atoms with Gasteiger partial charge in [0.05, 0.1) is 4.92 Å². The van der Waals surface area contributed by atoms with Gasteiger partial charge >= 0.3 is 6.09 Å². The minimum atomic E-state index is -0.496. The average Bonchev–Trinajstić information content (AvgIpc) is 2.58. The second kappa shape index (κ2) is 8.84. The summed E-state index contributed by atoms with van der Waals surface area (Å²) < 4.78 is 5.18. The number of nitro benzene ring substituents is 1. The van der Waals surface area contributed by atoms with Crippen LogP contribution in [0.4, 0.5) is 16.2 Å². The lowest BCUT2D eigenvalue weighted by Gasteiger charge is -2.33. The molecule has 144 valence electrons. The van der Waals surface area contributed by atoms with Gasteiger partial charge in [-0.25, -0.2) is 4.79 Å². The fraction of sp³-hybridized carbons (Fsp3) is 0.611. The molecule has 8 nitrogen and oxygen atoms in total. The molecule has 1 aliphatic heterocycles. The molecule has 1 aromatic rings. The van der Waals surface area contributed by atoms with Crippen molar-refractivity contribution >= 4 is 17.5 Å². The minimum Gasteiger partial charge on any atom is -0.444 e. The van der Waals surface area contributed by atoms with Gasteiger partial charge in [0.15, 0.2) is 0 Å². The zero-order chi connectivity index (χ0) is 19.2. The highest BCUT2D eigenvalue weighted by Crippen LogP contribution is 2.29. The van der Waals surface area contributed by atoms with Gasteiger partial charge in [-0.2, -0.15) is 0 Å². The number of carbonyl (C=O) groups excluding carboxylic acids is 1. The summed E-state index contributed by atoms with van der Waals surface area (Å²) >= 11 is 0. The zero-order valence-electron chi connectivity index (χ0n) is 15.7. The summed E-state index contributed by atoms with van der Waals surface area (Å²) in [5.41, 5.74) is 0.340. The predicted octanol–water partition coefficient (Wildman–Crippen LogP) is 2.68. The third kappa shape index (κ3) is 6.18. The van der Waals surface area contributed by atoms with E-state index in [2.05, 4.69) is 15.5 Å². The van der Waals surface area contributed by atoms with Gasteiger partial charge < -0.3 is 20.3 Å². The van der Waals surface area contributed by atoms with Crippen LogP contribution in [0.25, 0.3) is 0 Å². The van der Waals surface area contributed by atoms with E-state index in [0.29, 0.717) is 24.8 Å². The summed E-state index contributed by atoms with van der Waals surface area (Å²) in [4.78, 5) is 24.5. The van der Waals surface area contributed by atoms with E-state index in [1.54, 1.807) is 18.2 Å².